The molecule has 1 atom stereocenters. The Bertz CT molecular complexity index is 1170. The van der Waals surface area contributed by atoms with Gasteiger partial charge in [-0.1, -0.05) is 19.9 Å². The number of carbonyl (C=O) groups excluding carboxylic acids is 2. The lowest BCUT2D eigenvalue weighted by Gasteiger charge is -2.22. The van der Waals surface area contributed by atoms with Gasteiger partial charge >= 0.3 is 5.97 Å². The third-order valence-corrected chi connectivity index (χ3v) is 6.95. The Morgan fingerprint density at radius 1 is 0.970 bits per heavy atom. The third-order valence-electron chi connectivity index (χ3n) is 5.51. The summed E-state index contributed by atoms with van der Waals surface area (Å²) in [6.07, 6.45) is 0. The van der Waals surface area contributed by atoms with Gasteiger partial charge in [-0.05, 0) is 61.6 Å². The number of benzene rings is 2. The number of aryl methyl sites for hydroxylation is 3. The van der Waals surface area contributed by atoms with E-state index in [1.54, 1.807) is 19.9 Å². The molecule has 178 valence electrons. The summed E-state index contributed by atoms with van der Waals surface area (Å²) in [5.41, 5.74) is 3.29. The molecule has 0 saturated carbocycles. The summed E-state index contributed by atoms with van der Waals surface area (Å²) in [6.45, 7) is 9.28. The van der Waals surface area contributed by atoms with Gasteiger partial charge in [0.1, 0.15) is 19.3 Å². The largest absolute Gasteiger partial charge is 0.486 e. The highest BCUT2D eigenvalue weighted by Crippen LogP contribution is 2.32. The van der Waals surface area contributed by atoms with E-state index in [1.165, 1.54) is 18.2 Å². The number of carbonyl (C=O) groups is 2. The molecule has 8 nitrogen and oxygen atoms in total. The van der Waals surface area contributed by atoms with E-state index in [0.29, 0.717) is 30.3 Å². The summed E-state index contributed by atoms with van der Waals surface area (Å²) in [7, 11) is -4.06. The number of nitrogens with one attached hydrogen (secondary N) is 1. The van der Waals surface area contributed by atoms with Gasteiger partial charge in [-0.15, -0.1) is 0 Å². The third kappa shape index (κ3) is 5.72. The van der Waals surface area contributed by atoms with Crippen LogP contribution in [0.4, 0.5) is 0 Å². The molecule has 0 unspecified atom stereocenters. The molecule has 1 N–H and O–H groups in total. The SMILES string of the molecule is Cc1cc(C)c(C(=O)COC(=O)[C@H](NS(=O)(=O)c2ccc3c(c2)OCCO3)C(C)C)cc1C. The summed E-state index contributed by atoms with van der Waals surface area (Å²) >= 11 is 0. The minimum absolute atomic E-state index is 0.0629. The first-order valence-electron chi connectivity index (χ1n) is 10.7. The predicted molar refractivity (Wildman–Crippen MR) is 122 cm³/mol. The molecule has 3 rings (SSSR count). The Labute approximate surface area is 194 Å². The van der Waals surface area contributed by atoms with E-state index in [9.17, 15) is 18.0 Å². The van der Waals surface area contributed by atoms with E-state index in [2.05, 4.69) is 4.72 Å². The normalized spacial score (nSPS) is 14.1. The fourth-order valence-corrected chi connectivity index (χ4v) is 4.80. The number of rotatable bonds is 8. The van der Waals surface area contributed by atoms with Gasteiger partial charge in [0, 0.05) is 11.6 Å². The van der Waals surface area contributed by atoms with Gasteiger partial charge in [-0.25, -0.2) is 8.42 Å². The number of esters is 1. The second kappa shape index (κ2) is 9.93. The molecule has 1 aliphatic heterocycles. The Morgan fingerprint density at radius 2 is 1.61 bits per heavy atom. The molecule has 0 saturated heterocycles. The van der Waals surface area contributed by atoms with Gasteiger partial charge < -0.3 is 14.2 Å². The van der Waals surface area contributed by atoms with Crippen LogP contribution in [0.2, 0.25) is 0 Å². The summed E-state index contributed by atoms with van der Waals surface area (Å²) in [5, 5.41) is 0. The van der Waals surface area contributed by atoms with Crippen molar-refractivity contribution < 1.29 is 32.2 Å². The molecule has 0 bridgehead atoms. The molecule has 1 heterocycles. The number of ketones is 1. The lowest BCUT2D eigenvalue weighted by Crippen LogP contribution is -2.45. The summed E-state index contributed by atoms with van der Waals surface area (Å²) in [5.74, 6) is -0.799. The van der Waals surface area contributed by atoms with Crippen molar-refractivity contribution in [1.29, 1.82) is 0 Å². The Balaban J connectivity index is 1.71. The number of fused-ring (bicyclic) bond motifs is 1. The van der Waals surface area contributed by atoms with Crippen molar-refractivity contribution in [1.82, 2.24) is 4.72 Å². The van der Waals surface area contributed by atoms with E-state index < -0.39 is 34.6 Å². The zero-order chi connectivity index (χ0) is 24.3. The lowest BCUT2D eigenvalue weighted by molar-refractivity contribution is -0.145. The van der Waals surface area contributed by atoms with Gasteiger partial charge in [0.25, 0.3) is 0 Å². The average Bonchev–Trinajstić information content (AvgIpc) is 2.77. The van der Waals surface area contributed by atoms with Crippen molar-refractivity contribution >= 4 is 21.8 Å². The molecule has 0 spiro atoms. The Kier molecular flexibility index (Phi) is 7.44. The first-order valence-corrected chi connectivity index (χ1v) is 12.2. The van der Waals surface area contributed by atoms with Gasteiger partial charge in [0.05, 0.1) is 4.90 Å². The van der Waals surface area contributed by atoms with Crippen molar-refractivity contribution in [3.05, 3.63) is 52.6 Å². The molecule has 33 heavy (non-hydrogen) atoms. The Morgan fingerprint density at radius 3 is 2.27 bits per heavy atom. The average molecular weight is 476 g/mol. The number of sulfonamides is 1. The van der Waals surface area contributed by atoms with E-state index in [-0.39, 0.29) is 10.7 Å². The zero-order valence-electron chi connectivity index (χ0n) is 19.4. The molecule has 2 aromatic rings. The molecule has 0 fully saturated rings. The second-order valence-electron chi connectivity index (χ2n) is 8.43. The quantitative estimate of drug-likeness (QED) is 0.462. The lowest BCUT2D eigenvalue weighted by atomic mass is 9.98. The number of Topliss-reactive ketones (excluding diaryl/α,β-unsaturated/α-hetero) is 1. The highest BCUT2D eigenvalue weighted by Gasteiger charge is 2.31. The number of hydrogen-bond donors (Lipinski definition) is 1. The summed E-state index contributed by atoms with van der Waals surface area (Å²) < 4.78 is 44.3. The highest BCUT2D eigenvalue weighted by atomic mass is 32.2. The van der Waals surface area contributed by atoms with Crippen LogP contribution in [-0.2, 0) is 19.6 Å². The van der Waals surface area contributed by atoms with Crippen molar-refractivity contribution in [3.63, 3.8) is 0 Å². The molecule has 0 aromatic heterocycles. The standard InChI is InChI=1S/C24H29NO7S/c1-14(2)23(24(27)32-13-20(26)19-11-16(4)15(3)10-17(19)5)25-33(28,29)18-6-7-21-22(12-18)31-9-8-30-21/h6-7,10-12,14,23,25H,8-9,13H2,1-5H3/t23-/m1/s1. The van der Waals surface area contributed by atoms with Crippen LogP contribution < -0.4 is 14.2 Å². The predicted octanol–water partition coefficient (Wildman–Crippen LogP) is 3.11. The van der Waals surface area contributed by atoms with Crippen molar-refractivity contribution in [2.45, 2.75) is 45.6 Å². The molecule has 0 radical (unpaired) electrons. The summed E-state index contributed by atoms with van der Waals surface area (Å²) in [4.78, 5) is 25.3. The molecule has 9 heteroatoms. The number of ether oxygens (including phenoxy) is 3. The first kappa shape index (κ1) is 24.7. The van der Waals surface area contributed by atoms with Crippen LogP contribution in [0.5, 0.6) is 11.5 Å². The molecule has 0 aliphatic carbocycles. The summed E-state index contributed by atoms with van der Waals surface area (Å²) in [6, 6.07) is 6.75. The monoisotopic (exact) mass is 475 g/mol. The zero-order valence-corrected chi connectivity index (χ0v) is 20.2. The maximum atomic E-state index is 12.9. The van der Waals surface area contributed by atoms with Crippen LogP contribution in [0.25, 0.3) is 0 Å². The van der Waals surface area contributed by atoms with Crippen molar-refractivity contribution in [3.8, 4) is 11.5 Å². The molecular weight excluding hydrogens is 446 g/mol. The van der Waals surface area contributed by atoms with Crippen molar-refractivity contribution in [2.24, 2.45) is 5.92 Å². The van der Waals surface area contributed by atoms with Gasteiger partial charge in [0.2, 0.25) is 15.8 Å². The topological polar surface area (TPSA) is 108 Å². The van der Waals surface area contributed by atoms with Crippen LogP contribution in [-0.4, -0.2) is 46.0 Å². The van der Waals surface area contributed by atoms with E-state index in [4.69, 9.17) is 14.2 Å². The molecular formula is C24H29NO7S. The van der Waals surface area contributed by atoms with Gasteiger partial charge in [-0.3, -0.25) is 9.59 Å². The highest BCUT2D eigenvalue weighted by molar-refractivity contribution is 7.89. The van der Waals surface area contributed by atoms with Crippen LogP contribution in [0.3, 0.4) is 0 Å². The smallest absolute Gasteiger partial charge is 0.324 e. The fraction of sp³-hybridized carbons (Fsp3) is 0.417. The molecule has 1 aliphatic rings. The van der Waals surface area contributed by atoms with Gasteiger partial charge in [-0.2, -0.15) is 4.72 Å². The van der Waals surface area contributed by atoms with Crippen LogP contribution >= 0.6 is 0 Å². The number of hydrogen-bond acceptors (Lipinski definition) is 7. The van der Waals surface area contributed by atoms with Crippen LogP contribution in [0.1, 0.15) is 40.9 Å². The second-order valence-corrected chi connectivity index (χ2v) is 10.1. The van der Waals surface area contributed by atoms with E-state index in [0.717, 1.165) is 16.7 Å². The molecule has 2 aromatic carbocycles. The maximum Gasteiger partial charge on any atom is 0.324 e. The fourth-order valence-electron chi connectivity index (χ4n) is 3.45. The Hall–Kier alpha value is -2.91. The minimum Gasteiger partial charge on any atom is -0.486 e. The van der Waals surface area contributed by atoms with Gasteiger partial charge in [0.15, 0.2) is 18.1 Å². The van der Waals surface area contributed by atoms with E-state index >= 15 is 0 Å². The maximum absolute atomic E-state index is 12.9. The van der Waals surface area contributed by atoms with Crippen LogP contribution in [0, 0.1) is 26.7 Å². The van der Waals surface area contributed by atoms with E-state index in [1.807, 2.05) is 26.8 Å². The molecule has 0 amide bonds. The first-order chi connectivity index (χ1) is 15.5. The minimum atomic E-state index is -4.06. The van der Waals surface area contributed by atoms with Crippen molar-refractivity contribution in [2.75, 3.05) is 19.8 Å². The van der Waals surface area contributed by atoms with Crippen LogP contribution in [0.15, 0.2) is 35.2 Å².